The Balaban J connectivity index is 2.81. The maximum atomic E-state index is 11.7. The number of aldehydes is 1. The third kappa shape index (κ3) is 5.42. The molecule has 0 aliphatic rings. The Morgan fingerprint density at radius 3 is 2.68 bits per heavy atom. The van der Waals surface area contributed by atoms with Gasteiger partial charge in [-0.15, -0.1) is 0 Å². The molecule has 104 valence electrons. The van der Waals surface area contributed by atoms with Gasteiger partial charge in [0.1, 0.15) is 17.6 Å². The number of aryl methyl sites for hydroxylation is 1. The number of carbonyl (C=O) groups excluding carboxylic acids is 2. The van der Waals surface area contributed by atoms with Crippen LogP contribution in [0.5, 0.6) is 5.75 Å². The van der Waals surface area contributed by atoms with Crippen LogP contribution in [0.15, 0.2) is 18.2 Å². The molecule has 5 nitrogen and oxygen atoms in total. The second-order valence-electron chi connectivity index (χ2n) is 5.17. The first-order chi connectivity index (χ1) is 8.81. The van der Waals surface area contributed by atoms with E-state index in [9.17, 15) is 14.7 Å². The second-order valence-corrected chi connectivity index (χ2v) is 5.17. The maximum Gasteiger partial charge on any atom is 0.412 e. The first-order valence-electron chi connectivity index (χ1n) is 6.07. The van der Waals surface area contributed by atoms with Crippen molar-refractivity contribution >= 4 is 18.1 Å². The van der Waals surface area contributed by atoms with Crippen molar-refractivity contribution in [2.75, 3.05) is 5.32 Å². The van der Waals surface area contributed by atoms with Crippen LogP contribution in [0.1, 0.15) is 32.8 Å². The van der Waals surface area contributed by atoms with Gasteiger partial charge in [0, 0.05) is 12.1 Å². The van der Waals surface area contributed by atoms with E-state index < -0.39 is 11.7 Å². The first-order valence-corrected chi connectivity index (χ1v) is 6.07. The maximum absolute atomic E-state index is 11.7. The molecule has 0 aliphatic heterocycles. The van der Waals surface area contributed by atoms with E-state index in [0.717, 1.165) is 6.29 Å². The molecular weight excluding hydrogens is 246 g/mol. The molecule has 19 heavy (non-hydrogen) atoms. The minimum absolute atomic E-state index is 0.0932. The summed E-state index contributed by atoms with van der Waals surface area (Å²) in [6.07, 6.45) is 1.00. The van der Waals surface area contributed by atoms with E-state index >= 15 is 0 Å². The predicted molar refractivity (Wildman–Crippen MR) is 72.3 cm³/mol. The molecule has 0 atom stereocenters. The Morgan fingerprint density at radius 2 is 2.11 bits per heavy atom. The molecule has 0 bridgehead atoms. The molecule has 1 aromatic rings. The highest BCUT2D eigenvalue weighted by Gasteiger charge is 2.17. The zero-order valence-corrected chi connectivity index (χ0v) is 11.4. The van der Waals surface area contributed by atoms with Gasteiger partial charge in [-0.05, 0) is 51.0 Å². The van der Waals surface area contributed by atoms with Crippen LogP contribution in [0.2, 0.25) is 0 Å². The normalized spacial score (nSPS) is 10.9. The molecule has 0 spiro atoms. The molecule has 0 saturated heterocycles. The van der Waals surface area contributed by atoms with Gasteiger partial charge in [0.05, 0.1) is 0 Å². The number of ether oxygens (including phenoxy) is 1. The van der Waals surface area contributed by atoms with Gasteiger partial charge in [-0.25, -0.2) is 4.79 Å². The van der Waals surface area contributed by atoms with Gasteiger partial charge >= 0.3 is 6.09 Å². The second kappa shape index (κ2) is 6.22. The van der Waals surface area contributed by atoms with Gasteiger partial charge in [0.25, 0.3) is 0 Å². The molecule has 0 aromatic heterocycles. The van der Waals surface area contributed by atoms with Crippen LogP contribution in [0.25, 0.3) is 0 Å². The largest absolute Gasteiger partial charge is 0.508 e. The fraction of sp³-hybridized carbons (Fsp3) is 0.429. The summed E-state index contributed by atoms with van der Waals surface area (Å²) < 4.78 is 5.15. The molecule has 0 saturated carbocycles. The molecule has 0 heterocycles. The quantitative estimate of drug-likeness (QED) is 0.648. The van der Waals surface area contributed by atoms with Gasteiger partial charge < -0.3 is 14.6 Å². The van der Waals surface area contributed by atoms with E-state index in [1.807, 2.05) is 0 Å². The SMILES string of the molecule is CC(C)(C)OC(=O)Nc1ccc(O)cc1CCC=O. The van der Waals surface area contributed by atoms with Crippen molar-refractivity contribution in [2.24, 2.45) is 0 Å². The van der Waals surface area contributed by atoms with Crippen molar-refractivity contribution in [1.29, 1.82) is 0 Å². The number of amides is 1. The number of nitrogens with one attached hydrogen (secondary N) is 1. The number of anilines is 1. The Morgan fingerprint density at radius 1 is 1.42 bits per heavy atom. The zero-order chi connectivity index (χ0) is 14.5. The van der Waals surface area contributed by atoms with Gasteiger partial charge in [0.2, 0.25) is 0 Å². The van der Waals surface area contributed by atoms with Crippen molar-refractivity contribution in [1.82, 2.24) is 0 Å². The standard InChI is InChI=1S/C14H19NO4/c1-14(2,3)19-13(18)15-12-7-6-11(17)9-10(12)5-4-8-16/h6-9,17H,4-5H2,1-3H3,(H,15,18). The smallest absolute Gasteiger partial charge is 0.412 e. The lowest BCUT2D eigenvalue weighted by Gasteiger charge is -2.20. The van der Waals surface area contributed by atoms with E-state index in [4.69, 9.17) is 4.74 Å². The third-order valence-corrected chi connectivity index (χ3v) is 2.26. The van der Waals surface area contributed by atoms with Gasteiger partial charge in [-0.3, -0.25) is 5.32 Å². The average molecular weight is 265 g/mol. The molecule has 2 N–H and O–H groups in total. The van der Waals surface area contributed by atoms with E-state index in [0.29, 0.717) is 24.1 Å². The highest BCUT2D eigenvalue weighted by atomic mass is 16.6. The lowest BCUT2D eigenvalue weighted by atomic mass is 10.1. The number of benzene rings is 1. The molecule has 0 fully saturated rings. The van der Waals surface area contributed by atoms with Gasteiger partial charge in [0.15, 0.2) is 0 Å². The van der Waals surface area contributed by atoms with Crippen molar-refractivity contribution in [2.45, 2.75) is 39.2 Å². The molecule has 1 aromatic carbocycles. The molecule has 5 heteroatoms. The third-order valence-electron chi connectivity index (χ3n) is 2.26. The van der Waals surface area contributed by atoms with Gasteiger partial charge in [-0.1, -0.05) is 0 Å². The topological polar surface area (TPSA) is 75.6 Å². The van der Waals surface area contributed by atoms with Crippen LogP contribution >= 0.6 is 0 Å². The van der Waals surface area contributed by atoms with Crippen LogP contribution in [0.4, 0.5) is 10.5 Å². The molecular formula is C14H19NO4. The monoisotopic (exact) mass is 265 g/mol. The molecule has 0 radical (unpaired) electrons. The number of aromatic hydroxyl groups is 1. The van der Waals surface area contributed by atoms with Crippen LogP contribution in [-0.2, 0) is 16.0 Å². The Bertz CT molecular complexity index is 463. The van der Waals surface area contributed by atoms with Crippen molar-refractivity contribution in [3.05, 3.63) is 23.8 Å². The summed E-state index contributed by atoms with van der Waals surface area (Å²) in [5, 5.41) is 12.0. The fourth-order valence-corrected chi connectivity index (χ4v) is 1.54. The summed E-state index contributed by atoms with van der Waals surface area (Å²) in [7, 11) is 0. The van der Waals surface area contributed by atoms with Crippen molar-refractivity contribution in [3.8, 4) is 5.75 Å². The summed E-state index contributed by atoms with van der Waals surface area (Å²) in [6, 6.07) is 4.58. The Hall–Kier alpha value is -2.04. The summed E-state index contributed by atoms with van der Waals surface area (Å²) in [5.41, 5.74) is 0.649. The van der Waals surface area contributed by atoms with Crippen LogP contribution < -0.4 is 5.32 Å². The fourth-order valence-electron chi connectivity index (χ4n) is 1.54. The van der Waals surface area contributed by atoms with E-state index in [-0.39, 0.29) is 5.75 Å². The lowest BCUT2D eigenvalue weighted by Crippen LogP contribution is -2.27. The molecule has 1 amide bonds. The first kappa shape index (κ1) is 15.0. The van der Waals surface area contributed by atoms with E-state index in [1.165, 1.54) is 12.1 Å². The van der Waals surface area contributed by atoms with Crippen LogP contribution in [0, 0.1) is 0 Å². The Labute approximate surface area is 112 Å². The molecule has 0 unspecified atom stereocenters. The van der Waals surface area contributed by atoms with Crippen molar-refractivity contribution in [3.63, 3.8) is 0 Å². The summed E-state index contributed by atoms with van der Waals surface area (Å²) in [6.45, 7) is 5.32. The number of phenolic OH excluding ortho intramolecular Hbond substituents is 1. The summed E-state index contributed by atoms with van der Waals surface area (Å²) in [4.78, 5) is 22.1. The van der Waals surface area contributed by atoms with Gasteiger partial charge in [-0.2, -0.15) is 0 Å². The predicted octanol–water partition coefficient (Wildman–Crippen LogP) is 2.87. The number of rotatable bonds is 4. The number of carbonyl (C=O) groups is 2. The lowest BCUT2D eigenvalue weighted by molar-refractivity contribution is -0.107. The molecule has 1 rings (SSSR count). The minimum atomic E-state index is -0.579. The van der Waals surface area contributed by atoms with E-state index in [2.05, 4.69) is 5.32 Å². The number of phenols is 1. The highest BCUT2D eigenvalue weighted by Crippen LogP contribution is 2.23. The average Bonchev–Trinajstić information content (AvgIpc) is 2.27. The number of hydrogen-bond donors (Lipinski definition) is 2. The van der Waals surface area contributed by atoms with E-state index in [1.54, 1.807) is 26.8 Å². The minimum Gasteiger partial charge on any atom is -0.508 e. The summed E-state index contributed by atoms with van der Waals surface area (Å²) >= 11 is 0. The van der Waals surface area contributed by atoms with Crippen LogP contribution in [-0.4, -0.2) is 23.1 Å². The summed E-state index contributed by atoms with van der Waals surface area (Å²) in [5.74, 6) is 0.0932. The molecule has 0 aliphatic carbocycles. The highest BCUT2D eigenvalue weighted by molar-refractivity contribution is 5.86. The zero-order valence-electron chi connectivity index (χ0n) is 11.4. The van der Waals surface area contributed by atoms with Crippen LogP contribution in [0.3, 0.4) is 0 Å². The number of hydrogen-bond acceptors (Lipinski definition) is 4. The van der Waals surface area contributed by atoms with Crippen molar-refractivity contribution < 1.29 is 19.4 Å². The Kier molecular flexibility index (Phi) is 4.92.